The van der Waals surface area contributed by atoms with Crippen molar-refractivity contribution >= 4 is 18.5 Å². The van der Waals surface area contributed by atoms with Crippen LogP contribution in [0.4, 0.5) is 4.39 Å². The third-order valence-corrected chi connectivity index (χ3v) is 3.53. The number of nitrogens with zero attached hydrogens (tertiary/aromatic N) is 1. The minimum Gasteiger partial charge on any atom is -0.349 e. The summed E-state index contributed by atoms with van der Waals surface area (Å²) < 4.78 is 13.5. The predicted octanol–water partition coefficient (Wildman–Crippen LogP) is 1.94. The van der Waals surface area contributed by atoms with Crippen molar-refractivity contribution in [2.24, 2.45) is 0 Å². The van der Waals surface area contributed by atoms with Crippen molar-refractivity contribution in [2.45, 2.75) is 23.8 Å². The van der Waals surface area contributed by atoms with Crippen LogP contribution in [0.2, 0.25) is 0 Å². The molecule has 5 heteroatoms. The number of benzene rings is 1. The number of carbonyl (C=O) groups excluding carboxylic acids is 1. The van der Waals surface area contributed by atoms with Crippen LogP contribution in [-0.4, -0.2) is 37.0 Å². The van der Waals surface area contributed by atoms with Crippen LogP contribution in [-0.2, 0) is 0 Å². The maximum Gasteiger partial charge on any atom is 0.254 e. The van der Waals surface area contributed by atoms with E-state index in [2.05, 4.69) is 29.9 Å². The van der Waals surface area contributed by atoms with Gasteiger partial charge in [0.1, 0.15) is 5.82 Å². The molecule has 0 unspecified atom stereocenters. The predicted molar refractivity (Wildman–Crippen MR) is 71.6 cm³/mol. The molecule has 1 aliphatic rings. The first-order valence-electron chi connectivity index (χ1n) is 6.04. The summed E-state index contributed by atoms with van der Waals surface area (Å²) in [5, 5.41) is 2.88. The fraction of sp³-hybridized carbons (Fsp3) is 0.462. The molecule has 0 radical (unpaired) electrons. The number of hydrogen-bond donors (Lipinski definition) is 2. The highest BCUT2D eigenvalue weighted by molar-refractivity contribution is 7.80. The molecule has 1 aromatic carbocycles. The molecule has 1 amide bonds. The zero-order chi connectivity index (χ0) is 13.1. The summed E-state index contributed by atoms with van der Waals surface area (Å²) in [7, 11) is 2.06. The average molecular weight is 268 g/mol. The van der Waals surface area contributed by atoms with E-state index in [1.165, 1.54) is 18.2 Å². The number of halogens is 1. The standard InChI is InChI=1S/C13H17FN2OS/c1-16-6-4-9(5-7-16)15-13(17)11-8-10(18)2-3-12(11)14/h2-3,8-9,18H,4-7H2,1H3,(H,15,17). The molecule has 1 heterocycles. The third kappa shape index (κ3) is 3.23. The van der Waals surface area contributed by atoms with E-state index in [9.17, 15) is 9.18 Å². The summed E-state index contributed by atoms with van der Waals surface area (Å²) >= 11 is 4.12. The lowest BCUT2D eigenvalue weighted by molar-refractivity contribution is 0.0912. The van der Waals surface area contributed by atoms with Gasteiger partial charge in [-0.2, -0.15) is 0 Å². The van der Waals surface area contributed by atoms with Gasteiger partial charge in [-0.1, -0.05) is 0 Å². The van der Waals surface area contributed by atoms with E-state index in [0.29, 0.717) is 4.90 Å². The van der Waals surface area contributed by atoms with Crippen molar-refractivity contribution in [1.29, 1.82) is 0 Å². The van der Waals surface area contributed by atoms with Crippen molar-refractivity contribution < 1.29 is 9.18 Å². The Morgan fingerprint density at radius 3 is 2.78 bits per heavy atom. The Morgan fingerprint density at radius 2 is 2.11 bits per heavy atom. The fourth-order valence-electron chi connectivity index (χ4n) is 2.10. The summed E-state index contributed by atoms with van der Waals surface area (Å²) in [6.07, 6.45) is 1.81. The van der Waals surface area contributed by atoms with Crippen LogP contribution in [0.15, 0.2) is 23.1 Å². The highest BCUT2D eigenvalue weighted by Crippen LogP contribution is 2.15. The van der Waals surface area contributed by atoms with E-state index in [1.807, 2.05) is 0 Å². The average Bonchev–Trinajstić information content (AvgIpc) is 2.35. The van der Waals surface area contributed by atoms with Gasteiger partial charge in [-0.25, -0.2) is 4.39 Å². The zero-order valence-corrected chi connectivity index (χ0v) is 11.2. The van der Waals surface area contributed by atoms with E-state index >= 15 is 0 Å². The van der Waals surface area contributed by atoms with Crippen LogP contribution >= 0.6 is 12.6 Å². The molecule has 1 N–H and O–H groups in total. The van der Waals surface area contributed by atoms with Crippen LogP contribution in [0.3, 0.4) is 0 Å². The van der Waals surface area contributed by atoms with E-state index in [4.69, 9.17) is 0 Å². The van der Waals surface area contributed by atoms with Gasteiger partial charge in [0.2, 0.25) is 0 Å². The molecule has 0 spiro atoms. The van der Waals surface area contributed by atoms with Crippen molar-refractivity contribution in [1.82, 2.24) is 10.2 Å². The van der Waals surface area contributed by atoms with Crippen LogP contribution in [0.25, 0.3) is 0 Å². The Kier molecular flexibility index (Phi) is 4.24. The third-order valence-electron chi connectivity index (χ3n) is 3.25. The van der Waals surface area contributed by atoms with E-state index in [-0.39, 0.29) is 17.5 Å². The van der Waals surface area contributed by atoms with Gasteiger partial charge in [-0.15, -0.1) is 12.6 Å². The van der Waals surface area contributed by atoms with Gasteiger partial charge >= 0.3 is 0 Å². The second-order valence-corrected chi connectivity index (χ2v) is 5.23. The topological polar surface area (TPSA) is 32.3 Å². The van der Waals surface area contributed by atoms with Crippen LogP contribution < -0.4 is 5.32 Å². The zero-order valence-electron chi connectivity index (χ0n) is 10.3. The fourth-order valence-corrected chi connectivity index (χ4v) is 2.31. The SMILES string of the molecule is CN1CCC(NC(=O)c2cc(S)ccc2F)CC1. The maximum atomic E-state index is 13.5. The van der Waals surface area contributed by atoms with E-state index in [1.54, 1.807) is 0 Å². The van der Waals surface area contributed by atoms with Gasteiger partial charge in [-0.05, 0) is 51.2 Å². The molecule has 2 rings (SSSR count). The minimum absolute atomic E-state index is 0.0708. The number of carbonyl (C=O) groups is 1. The molecule has 98 valence electrons. The van der Waals surface area contributed by atoms with Crippen molar-refractivity contribution in [3.63, 3.8) is 0 Å². The number of rotatable bonds is 2. The van der Waals surface area contributed by atoms with Crippen molar-refractivity contribution in [3.05, 3.63) is 29.6 Å². The van der Waals surface area contributed by atoms with Crippen LogP contribution in [0.5, 0.6) is 0 Å². The Balaban J connectivity index is 2.01. The second kappa shape index (κ2) is 5.71. The van der Waals surface area contributed by atoms with E-state index < -0.39 is 5.82 Å². The molecule has 1 aromatic rings. The molecule has 1 aliphatic heterocycles. The number of hydrogen-bond acceptors (Lipinski definition) is 3. The number of likely N-dealkylation sites (tertiary alicyclic amines) is 1. The minimum atomic E-state index is -0.502. The normalized spacial score (nSPS) is 17.7. The van der Waals surface area contributed by atoms with Gasteiger partial charge in [0.25, 0.3) is 5.91 Å². The van der Waals surface area contributed by atoms with Gasteiger partial charge in [0, 0.05) is 10.9 Å². The van der Waals surface area contributed by atoms with Crippen LogP contribution in [0.1, 0.15) is 23.2 Å². The lowest BCUT2D eigenvalue weighted by Crippen LogP contribution is -2.43. The first-order valence-corrected chi connectivity index (χ1v) is 6.49. The summed E-state index contributed by atoms with van der Waals surface area (Å²) in [5.41, 5.74) is 0.0708. The lowest BCUT2D eigenvalue weighted by atomic mass is 10.0. The monoisotopic (exact) mass is 268 g/mol. The van der Waals surface area contributed by atoms with E-state index in [0.717, 1.165) is 25.9 Å². The van der Waals surface area contributed by atoms with Crippen molar-refractivity contribution in [3.8, 4) is 0 Å². The van der Waals surface area contributed by atoms with Crippen molar-refractivity contribution in [2.75, 3.05) is 20.1 Å². The molecule has 0 aromatic heterocycles. The smallest absolute Gasteiger partial charge is 0.254 e. The molecule has 0 saturated carbocycles. The molecule has 0 aliphatic carbocycles. The second-order valence-electron chi connectivity index (χ2n) is 4.72. The molecule has 18 heavy (non-hydrogen) atoms. The van der Waals surface area contributed by atoms with Gasteiger partial charge in [0.15, 0.2) is 0 Å². The highest BCUT2D eigenvalue weighted by Gasteiger charge is 2.20. The number of nitrogens with one attached hydrogen (secondary N) is 1. The highest BCUT2D eigenvalue weighted by atomic mass is 32.1. The summed E-state index contributed by atoms with van der Waals surface area (Å²) in [6.45, 7) is 1.92. The molecule has 3 nitrogen and oxygen atoms in total. The Morgan fingerprint density at radius 1 is 1.44 bits per heavy atom. The lowest BCUT2D eigenvalue weighted by Gasteiger charge is -2.29. The number of piperidine rings is 1. The first kappa shape index (κ1) is 13.4. The molecular formula is C13H17FN2OS. The molecular weight excluding hydrogens is 251 g/mol. The van der Waals surface area contributed by atoms with Crippen LogP contribution in [0, 0.1) is 5.82 Å². The quantitative estimate of drug-likeness (QED) is 0.803. The number of amides is 1. The maximum absolute atomic E-state index is 13.5. The summed E-state index contributed by atoms with van der Waals surface area (Å²) in [6, 6.07) is 4.40. The summed E-state index contributed by atoms with van der Waals surface area (Å²) in [4.78, 5) is 14.8. The Hall–Kier alpha value is -1.07. The Bertz CT molecular complexity index is 445. The largest absolute Gasteiger partial charge is 0.349 e. The van der Waals surface area contributed by atoms with Gasteiger partial charge in [0.05, 0.1) is 5.56 Å². The first-order chi connectivity index (χ1) is 8.56. The molecule has 1 saturated heterocycles. The Labute approximate surface area is 112 Å². The molecule has 0 atom stereocenters. The number of thiol groups is 1. The summed E-state index contributed by atoms with van der Waals surface area (Å²) in [5.74, 6) is -0.851. The molecule has 0 bridgehead atoms. The van der Waals surface area contributed by atoms with Gasteiger partial charge in [-0.3, -0.25) is 4.79 Å². The molecule has 1 fully saturated rings. The van der Waals surface area contributed by atoms with Gasteiger partial charge < -0.3 is 10.2 Å².